The van der Waals surface area contributed by atoms with Gasteiger partial charge in [-0.25, -0.2) is 0 Å². The summed E-state index contributed by atoms with van der Waals surface area (Å²) in [7, 11) is 0. The van der Waals surface area contributed by atoms with Gasteiger partial charge in [0.25, 0.3) is 0 Å². The molecule has 1 aromatic rings. The summed E-state index contributed by atoms with van der Waals surface area (Å²) >= 11 is 0. The molecule has 1 nitrogen and oxygen atoms in total. The van der Waals surface area contributed by atoms with Crippen LogP contribution in [-0.4, -0.2) is 6.54 Å². The second kappa shape index (κ2) is 4.09. The summed E-state index contributed by atoms with van der Waals surface area (Å²) < 4.78 is 0. The molecule has 18 heavy (non-hydrogen) atoms. The van der Waals surface area contributed by atoms with E-state index in [2.05, 4.69) is 29.6 Å². The van der Waals surface area contributed by atoms with E-state index in [1.54, 1.807) is 11.1 Å². The van der Waals surface area contributed by atoms with Gasteiger partial charge in [-0.3, -0.25) is 0 Å². The van der Waals surface area contributed by atoms with Crippen LogP contribution in [0, 0.1) is 5.92 Å². The van der Waals surface area contributed by atoms with Gasteiger partial charge in [-0.15, -0.1) is 0 Å². The molecule has 0 radical (unpaired) electrons. The summed E-state index contributed by atoms with van der Waals surface area (Å²) in [5.41, 5.74) is 3.69. The van der Waals surface area contributed by atoms with Crippen molar-refractivity contribution < 1.29 is 0 Å². The Labute approximate surface area is 110 Å². The van der Waals surface area contributed by atoms with E-state index in [0.29, 0.717) is 5.54 Å². The molecule has 1 saturated heterocycles. The van der Waals surface area contributed by atoms with E-state index in [9.17, 15) is 0 Å². The van der Waals surface area contributed by atoms with Gasteiger partial charge in [0.05, 0.1) is 0 Å². The minimum Gasteiger partial charge on any atom is -0.307 e. The second-order valence-electron chi connectivity index (χ2n) is 6.49. The minimum absolute atomic E-state index is 0.353. The molecule has 1 aromatic carbocycles. The minimum atomic E-state index is 0.353. The van der Waals surface area contributed by atoms with Gasteiger partial charge in [-0.1, -0.05) is 30.7 Å². The van der Waals surface area contributed by atoms with E-state index in [-0.39, 0.29) is 0 Å². The Balaban J connectivity index is 1.77. The van der Waals surface area contributed by atoms with Gasteiger partial charge in [0.2, 0.25) is 0 Å². The molecule has 0 spiro atoms. The summed E-state index contributed by atoms with van der Waals surface area (Å²) in [5.74, 6) is 1.78. The first-order valence-electron chi connectivity index (χ1n) is 7.74. The van der Waals surface area contributed by atoms with Crippen LogP contribution in [0.4, 0.5) is 0 Å². The second-order valence-corrected chi connectivity index (χ2v) is 6.49. The van der Waals surface area contributed by atoms with Crippen LogP contribution in [0.5, 0.6) is 0 Å². The Hall–Kier alpha value is -0.820. The van der Waals surface area contributed by atoms with Crippen molar-refractivity contribution >= 4 is 0 Å². The van der Waals surface area contributed by atoms with Crippen molar-refractivity contribution in [3.05, 3.63) is 35.4 Å². The van der Waals surface area contributed by atoms with Crippen LogP contribution >= 0.6 is 0 Å². The predicted molar refractivity (Wildman–Crippen MR) is 74.7 cm³/mol. The average molecular weight is 241 g/mol. The highest BCUT2D eigenvalue weighted by Crippen LogP contribution is 2.53. The van der Waals surface area contributed by atoms with Crippen molar-refractivity contribution in [2.45, 2.75) is 56.4 Å². The van der Waals surface area contributed by atoms with E-state index in [0.717, 1.165) is 11.8 Å². The molecule has 2 aliphatic carbocycles. The lowest BCUT2D eigenvalue weighted by Gasteiger charge is -2.37. The zero-order valence-electron chi connectivity index (χ0n) is 11.1. The quantitative estimate of drug-likeness (QED) is 0.845. The maximum atomic E-state index is 3.89. The fraction of sp³-hybridized carbons (Fsp3) is 0.647. The Morgan fingerprint density at radius 1 is 1.00 bits per heavy atom. The third-order valence-corrected chi connectivity index (χ3v) is 5.45. The SMILES string of the molecule is c1ccc(C2(C3CC3)CCCN2)c(C2CCC2)c1. The molecule has 4 rings (SSSR count). The van der Waals surface area contributed by atoms with Crippen LogP contribution in [0.2, 0.25) is 0 Å². The number of benzene rings is 1. The van der Waals surface area contributed by atoms with Crippen LogP contribution in [0.3, 0.4) is 0 Å². The first kappa shape index (κ1) is 11.0. The maximum Gasteiger partial charge on any atom is 0.0466 e. The van der Waals surface area contributed by atoms with Gasteiger partial charge < -0.3 is 5.32 Å². The Morgan fingerprint density at radius 2 is 1.83 bits per heavy atom. The largest absolute Gasteiger partial charge is 0.307 e. The van der Waals surface area contributed by atoms with E-state index in [1.807, 2.05) is 0 Å². The monoisotopic (exact) mass is 241 g/mol. The van der Waals surface area contributed by atoms with Gasteiger partial charge in [-0.05, 0) is 68.0 Å². The molecule has 96 valence electrons. The fourth-order valence-corrected chi connectivity index (χ4v) is 4.12. The standard InChI is InChI=1S/C17H23N/c1-2-8-16(15(7-1)13-5-3-6-13)17(14-9-10-14)11-4-12-18-17/h1-2,7-8,13-14,18H,3-6,9-12H2. The molecule has 0 amide bonds. The van der Waals surface area contributed by atoms with E-state index in [1.165, 1.54) is 51.5 Å². The number of nitrogens with one attached hydrogen (secondary N) is 1. The lowest BCUT2D eigenvalue weighted by Crippen LogP contribution is -2.40. The lowest BCUT2D eigenvalue weighted by atomic mass is 9.72. The molecular formula is C17H23N. The molecule has 2 saturated carbocycles. The molecular weight excluding hydrogens is 218 g/mol. The fourth-order valence-electron chi connectivity index (χ4n) is 4.12. The zero-order chi connectivity index (χ0) is 12.0. The molecule has 1 heterocycles. The van der Waals surface area contributed by atoms with E-state index in [4.69, 9.17) is 0 Å². The highest BCUT2D eigenvalue weighted by atomic mass is 15.0. The molecule has 1 atom stereocenters. The van der Waals surface area contributed by atoms with Gasteiger partial charge in [0.1, 0.15) is 0 Å². The smallest absolute Gasteiger partial charge is 0.0466 e. The molecule has 3 aliphatic rings. The van der Waals surface area contributed by atoms with Crippen molar-refractivity contribution in [2.75, 3.05) is 6.54 Å². The van der Waals surface area contributed by atoms with E-state index < -0.39 is 0 Å². The summed E-state index contributed by atoms with van der Waals surface area (Å²) in [5, 5.41) is 3.89. The van der Waals surface area contributed by atoms with Gasteiger partial charge in [0.15, 0.2) is 0 Å². The van der Waals surface area contributed by atoms with Crippen molar-refractivity contribution in [2.24, 2.45) is 5.92 Å². The Kier molecular flexibility index (Phi) is 2.51. The third-order valence-electron chi connectivity index (χ3n) is 5.45. The molecule has 1 unspecified atom stereocenters. The molecule has 1 aliphatic heterocycles. The van der Waals surface area contributed by atoms with Gasteiger partial charge in [-0.2, -0.15) is 0 Å². The molecule has 0 aromatic heterocycles. The number of hydrogen-bond acceptors (Lipinski definition) is 1. The van der Waals surface area contributed by atoms with Crippen LogP contribution in [0.25, 0.3) is 0 Å². The highest BCUT2D eigenvalue weighted by molar-refractivity contribution is 5.39. The van der Waals surface area contributed by atoms with Crippen LogP contribution in [0.1, 0.15) is 62.0 Å². The van der Waals surface area contributed by atoms with Crippen molar-refractivity contribution in [3.8, 4) is 0 Å². The lowest BCUT2D eigenvalue weighted by molar-refractivity contribution is 0.323. The van der Waals surface area contributed by atoms with Crippen LogP contribution in [-0.2, 0) is 5.54 Å². The van der Waals surface area contributed by atoms with E-state index >= 15 is 0 Å². The Morgan fingerprint density at radius 3 is 2.44 bits per heavy atom. The molecule has 0 bridgehead atoms. The first-order valence-corrected chi connectivity index (χ1v) is 7.74. The topological polar surface area (TPSA) is 12.0 Å². The Bertz CT molecular complexity index is 437. The van der Waals surface area contributed by atoms with Crippen LogP contribution in [0.15, 0.2) is 24.3 Å². The first-order chi connectivity index (χ1) is 8.90. The normalized spacial score (nSPS) is 32.4. The average Bonchev–Trinajstić information content (AvgIpc) is 3.08. The zero-order valence-corrected chi connectivity index (χ0v) is 11.1. The predicted octanol–water partition coefficient (Wildman–Crippen LogP) is 3.94. The molecule has 3 fully saturated rings. The van der Waals surface area contributed by atoms with Crippen LogP contribution < -0.4 is 5.32 Å². The third kappa shape index (κ3) is 1.56. The summed E-state index contributed by atoms with van der Waals surface area (Å²) in [6.45, 7) is 1.22. The number of hydrogen-bond donors (Lipinski definition) is 1. The van der Waals surface area contributed by atoms with Crippen molar-refractivity contribution in [1.82, 2.24) is 5.32 Å². The summed E-state index contributed by atoms with van der Waals surface area (Å²) in [4.78, 5) is 0. The number of rotatable bonds is 3. The summed E-state index contributed by atoms with van der Waals surface area (Å²) in [6, 6.07) is 9.32. The summed E-state index contributed by atoms with van der Waals surface area (Å²) in [6.07, 6.45) is 9.85. The van der Waals surface area contributed by atoms with Gasteiger partial charge >= 0.3 is 0 Å². The van der Waals surface area contributed by atoms with Crippen molar-refractivity contribution in [3.63, 3.8) is 0 Å². The van der Waals surface area contributed by atoms with Gasteiger partial charge in [0, 0.05) is 5.54 Å². The molecule has 1 N–H and O–H groups in total. The van der Waals surface area contributed by atoms with Crippen molar-refractivity contribution in [1.29, 1.82) is 0 Å². The molecule has 1 heteroatoms. The maximum absolute atomic E-state index is 3.89. The highest BCUT2D eigenvalue weighted by Gasteiger charge is 2.49.